The fourth-order valence-corrected chi connectivity index (χ4v) is 5.28. The molecule has 0 aromatic rings. The summed E-state index contributed by atoms with van der Waals surface area (Å²) in [6.45, 7) is -0.179. The molecule has 36 heavy (non-hydrogen) atoms. The average Bonchev–Trinajstić information content (AvgIpc) is 2.70. The van der Waals surface area contributed by atoms with Crippen molar-refractivity contribution in [1.29, 1.82) is 0 Å². The van der Waals surface area contributed by atoms with Crippen molar-refractivity contribution in [3.63, 3.8) is 0 Å². The van der Waals surface area contributed by atoms with Gasteiger partial charge in [0.25, 0.3) is 5.60 Å². The smallest absolute Gasteiger partial charge is 0.426 e. The van der Waals surface area contributed by atoms with E-state index in [9.17, 15) is 53.4 Å². The molecule has 7 nitrogen and oxygen atoms in total. The molecule has 212 valence electrons. The second-order valence-corrected chi connectivity index (χ2v) is 11.5. The number of alkyl halides is 8. The first-order chi connectivity index (χ1) is 16.1. The summed E-state index contributed by atoms with van der Waals surface area (Å²) in [5, 5.41) is 5.32. The highest BCUT2D eigenvalue weighted by molar-refractivity contribution is 7.86. The molecule has 0 saturated heterocycles. The predicted octanol–water partition coefficient (Wildman–Crippen LogP) is 4.49. The Bertz CT molecular complexity index is 887. The SMILES string of the molecule is CC(C)(COCC(F)(F)S(=O)(=O)O)C(=O)OC1CCCC2C1CCCC2C(O)(C(F)(F)F)C(F)(F)F. The van der Waals surface area contributed by atoms with E-state index in [4.69, 9.17) is 9.29 Å². The van der Waals surface area contributed by atoms with E-state index in [0.717, 1.165) is 0 Å². The minimum absolute atomic E-state index is 0.0466. The molecule has 0 aliphatic heterocycles. The topological polar surface area (TPSA) is 110 Å². The zero-order chi connectivity index (χ0) is 28.0. The molecule has 16 heteroatoms. The lowest BCUT2D eigenvalue weighted by atomic mass is 9.59. The Labute approximate surface area is 202 Å². The number of halogens is 8. The van der Waals surface area contributed by atoms with Gasteiger partial charge < -0.3 is 14.6 Å². The van der Waals surface area contributed by atoms with Gasteiger partial charge in [-0.15, -0.1) is 0 Å². The lowest BCUT2D eigenvalue weighted by Crippen LogP contribution is -2.65. The number of hydrogen-bond donors (Lipinski definition) is 2. The van der Waals surface area contributed by atoms with Gasteiger partial charge in [0.05, 0.1) is 12.0 Å². The third kappa shape index (κ3) is 6.07. The van der Waals surface area contributed by atoms with E-state index in [1.54, 1.807) is 0 Å². The number of ether oxygens (including phenoxy) is 2. The van der Waals surface area contributed by atoms with E-state index >= 15 is 0 Å². The summed E-state index contributed by atoms with van der Waals surface area (Å²) in [6.07, 6.45) is -13.3. The second-order valence-electron chi connectivity index (χ2n) is 9.99. The monoisotopic (exact) mass is 564 g/mol. The molecule has 0 amide bonds. The number of hydrogen-bond acceptors (Lipinski definition) is 6. The lowest BCUT2D eigenvalue weighted by molar-refractivity contribution is -0.394. The van der Waals surface area contributed by atoms with Gasteiger partial charge >= 0.3 is 33.7 Å². The highest BCUT2D eigenvalue weighted by Crippen LogP contribution is 2.57. The van der Waals surface area contributed by atoms with E-state index in [2.05, 4.69) is 4.74 Å². The summed E-state index contributed by atoms with van der Waals surface area (Å²) in [7, 11) is -5.77. The molecule has 2 saturated carbocycles. The molecular weight excluding hydrogens is 536 g/mol. The van der Waals surface area contributed by atoms with Crippen LogP contribution in [0.3, 0.4) is 0 Å². The summed E-state index contributed by atoms with van der Waals surface area (Å²) in [4.78, 5) is 12.7. The molecule has 2 N–H and O–H groups in total. The van der Waals surface area contributed by atoms with Crippen LogP contribution in [0.2, 0.25) is 0 Å². The van der Waals surface area contributed by atoms with Crippen molar-refractivity contribution in [3.8, 4) is 0 Å². The number of carbonyl (C=O) groups is 1. The minimum atomic E-state index is -5.98. The Morgan fingerprint density at radius 3 is 1.86 bits per heavy atom. The molecule has 4 atom stereocenters. The van der Waals surface area contributed by atoms with Gasteiger partial charge in [-0.05, 0) is 57.8 Å². The predicted molar refractivity (Wildman–Crippen MR) is 106 cm³/mol. The summed E-state index contributed by atoms with van der Waals surface area (Å²) in [6, 6.07) is 0. The van der Waals surface area contributed by atoms with Gasteiger partial charge in [0, 0.05) is 5.92 Å². The normalized spacial score (nSPS) is 26.9. The van der Waals surface area contributed by atoms with Crippen LogP contribution < -0.4 is 0 Å². The van der Waals surface area contributed by atoms with Gasteiger partial charge in [-0.25, -0.2) is 0 Å². The lowest BCUT2D eigenvalue weighted by Gasteiger charge is -2.50. The van der Waals surface area contributed by atoms with Crippen LogP contribution in [0.1, 0.15) is 52.4 Å². The highest BCUT2D eigenvalue weighted by Gasteiger charge is 2.75. The molecule has 2 aliphatic carbocycles. The van der Waals surface area contributed by atoms with Crippen molar-refractivity contribution >= 4 is 16.1 Å². The van der Waals surface area contributed by atoms with Crippen LogP contribution in [0.4, 0.5) is 35.1 Å². The molecule has 2 aliphatic rings. The maximum atomic E-state index is 13.5. The van der Waals surface area contributed by atoms with E-state index in [1.807, 2.05) is 0 Å². The van der Waals surface area contributed by atoms with Gasteiger partial charge in [0.2, 0.25) is 0 Å². The molecule has 0 heterocycles. The Morgan fingerprint density at radius 2 is 1.36 bits per heavy atom. The first-order valence-corrected chi connectivity index (χ1v) is 12.5. The third-order valence-corrected chi connectivity index (χ3v) is 7.82. The Balaban J connectivity index is 2.16. The first-order valence-electron chi connectivity index (χ1n) is 11.1. The molecular formula is C20H28F8O7S. The molecule has 4 unspecified atom stereocenters. The highest BCUT2D eigenvalue weighted by atomic mass is 32.2. The van der Waals surface area contributed by atoms with Crippen LogP contribution >= 0.6 is 0 Å². The van der Waals surface area contributed by atoms with E-state index < -0.39 is 88.2 Å². The van der Waals surface area contributed by atoms with Crippen LogP contribution in [0.5, 0.6) is 0 Å². The average molecular weight is 564 g/mol. The molecule has 0 aromatic carbocycles. The fraction of sp³-hybridized carbons (Fsp3) is 0.950. The summed E-state index contributed by atoms with van der Waals surface area (Å²) in [5.74, 6) is -5.39. The zero-order valence-electron chi connectivity index (χ0n) is 19.3. The van der Waals surface area contributed by atoms with Crippen LogP contribution in [0.25, 0.3) is 0 Å². The number of esters is 1. The fourth-order valence-electron chi connectivity index (χ4n) is 5.05. The molecule has 0 aromatic heterocycles. The number of fused-ring (bicyclic) bond motifs is 1. The first kappa shape index (κ1) is 31.0. The Kier molecular flexibility index (Phi) is 8.72. The quantitative estimate of drug-likeness (QED) is 0.254. The number of rotatable bonds is 8. The van der Waals surface area contributed by atoms with Crippen LogP contribution in [-0.2, 0) is 24.4 Å². The Morgan fingerprint density at radius 1 is 0.861 bits per heavy atom. The second kappa shape index (κ2) is 10.1. The van der Waals surface area contributed by atoms with Crippen molar-refractivity contribution in [2.75, 3.05) is 13.2 Å². The molecule has 0 bridgehead atoms. The maximum Gasteiger partial charge on any atom is 0.426 e. The third-order valence-electron chi connectivity index (χ3n) is 6.95. The van der Waals surface area contributed by atoms with Crippen molar-refractivity contribution in [2.24, 2.45) is 23.2 Å². The van der Waals surface area contributed by atoms with Crippen molar-refractivity contribution in [1.82, 2.24) is 0 Å². The van der Waals surface area contributed by atoms with Crippen molar-refractivity contribution < 1.29 is 67.5 Å². The van der Waals surface area contributed by atoms with Gasteiger partial charge in [-0.1, -0.05) is 6.42 Å². The largest absolute Gasteiger partial charge is 0.462 e. The maximum absolute atomic E-state index is 13.5. The summed E-state index contributed by atoms with van der Waals surface area (Å²) >= 11 is 0. The standard InChI is InChI=1S/C20H28F8O7S/c1-16(2,9-34-10-17(21,22)36(31,32)33)15(29)35-14-8-4-5-11-12(14)6-3-7-13(11)18(30,19(23,24)25)20(26,27)28/h11-14,30H,3-10H2,1-2H3,(H,31,32,33). The van der Waals surface area contributed by atoms with Crippen molar-refractivity contribution in [2.45, 2.75) is 81.7 Å². The van der Waals surface area contributed by atoms with Crippen LogP contribution in [-0.4, -0.2) is 66.6 Å². The van der Waals surface area contributed by atoms with Gasteiger partial charge in [-0.2, -0.15) is 43.5 Å². The number of aliphatic hydroxyl groups is 1. The molecule has 0 spiro atoms. The van der Waals surface area contributed by atoms with Crippen LogP contribution in [0.15, 0.2) is 0 Å². The van der Waals surface area contributed by atoms with Gasteiger partial charge in [0.15, 0.2) is 0 Å². The Hall–Kier alpha value is -1.26. The van der Waals surface area contributed by atoms with Crippen LogP contribution in [0, 0.1) is 23.2 Å². The van der Waals surface area contributed by atoms with Crippen molar-refractivity contribution in [3.05, 3.63) is 0 Å². The number of carbonyl (C=O) groups excluding carboxylic acids is 1. The molecule has 2 fully saturated rings. The summed E-state index contributed by atoms with van der Waals surface area (Å²) < 4.78 is 147. The van der Waals surface area contributed by atoms with E-state index in [1.165, 1.54) is 13.8 Å². The van der Waals surface area contributed by atoms with E-state index in [0.29, 0.717) is 0 Å². The molecule has 0 radical (unpaired) electrons. The zero-order valence-corrected chi connectivity index (χ0v) is 20.2. The van der Waals surface area contributed by atoms with Gasteiger partial charge in [0.1, 0.15) is 12.7 Å². The van der Waals surface area contributed by atoms with Gasteiger partial charge in [-0.3, -0.25) is 9.35 Å². The summed E-state index contributed by atoms with van der Waals surface area (Å²) in [5.41, 5.74) is -6.59. The van der Waals surface area contributed by atoms with E-state index in [-0.39, 0.29) is 32.1 Å². The minimum Gasteiger partial charge on any atom is -0.462 e. The molecule has 2 rings (SSSR count).